The second kappa shape index (κ2) is 5.44. The van der Waals surface area contributed by atoms with Gasteiger partial charge in [-0.1, -0.05) is 0 Å². The van der Waals surface area contributed by atoms with Crippen LogP contribution in [0.1, 0.15) is 12.8 Å². The number of nitrogens with zero attached hydrogens (tertiary/aromatic N) is 2. The summed E-state index contributed by atoms with van der Waals surface area (Å²) in [5, 5.41) is 2.72. The highest BCUT2D eigenvalue weighted by Crippen LogP contribution is 2.16. The summed E-state index contributed by atoms with van der Waals surface area (Å²) in [6.07, 6.45) is 3.60. The van der Waals surface area contributed by atoms with Gasteiger partial charge in [0, 0.05) is 23.8 Å². The van der Waals surface area contributed by atoms with Crippen LogP contribution in [0.15, 0.2) is 16.7 Å². The molecular weight excluding hydrogens is 289 g/mol. The van der Waals surface area contributed by atoms with E-state index in [0.717, 1.165) is 25.9 Å². The van der Waals surface area contributed by atoms with E-state index >= 15 is 0 Å². The third-order valence-electron chi connectivity index (χ3n) is 2.67. The molecule has 4 nitrogen and oxygen atoms in total. The summed E-state index contributed by atoms with van der Waals surface area (Å²) in [5.41, 5.74) is 0. The Morgan fingerprint density at radius 2 is 2.24 bits per heavy atom. The maximum Gasteiger partial charge on any atom is 0.241 e. The lowest BCUT2D eigenvalue weighted by molar-refractivity contribution is -0.128. The maximum atomic E-state index is 13.4. The predicted octanol–water partition coefficient (Wildman–Crippen LogP) is 2.02. The van der Waals surface area contributed by atoms with Gasteiger partial charge in [0.15, 0.2) is 11.6 Å². The zero-order valence-electron chi connectivity index (χ0n) is 9.25. The molecule has 1 fully saturated rings. The lowest BCUT2D eigenvalue weighted by Crippen LogP contribution is -2.33. The van der Waals surface area contributed by atoms with E-state index in [-0.39, 0.29) is 18.3 Å². The molecule has 1 amide bonds. The highest BCUT2D eigenvalue weighted by Gasteiger charge is 2.17. The summed E-state index contributed by atoms with van der Waals surface area (Å²) in [7, 11) is 0. The Labute approximate surface area is 107 Å². The third-order valence-corrected chi connectivity index (χ3v) is 3.11. The van der Waals surface area contributed by atoms with E-state index in [1.54, 1.807) is 4.90 Å². The molecule has 1 aliphatic heterocycles. The van der Waals surface area contributed by atoms with Gasteiger partial charge < -0.3 is 10.2 Å². The number of hydrogen-bond donors (Lipinski definition) is 1. The van der Waals surface area contributed by atoms with Crippen LogP contribution in [-0.2, 0) is 4.79 Å². The standard InChI is InChI=1S/C11H13BrFN3O/c12-8-5-9(13)11(14-6-8)15-7-10(17)16-3-1-2-4-16/h5-6H,1-4,7H2,(H,14,15). The first-order valence-corrected chi connectivity index (χ1v) is 6.29. The zero-order chi connectivity index (χ0) is 12.3. The maximum absolute atomic E-state index is 13.4. The van der Waals surface area contributed by atoms with Crippen molar-refractivity contribution in [2.45, 2.75) is 12.8 Å². The monoisotopic (exact) mass is 301 g/mol. The summed E-state index contributed by atoms with van der Waals surface area (Å²) in [6.45, 7) is 1.69. The molecule has 0 aromatic carbocycles. The van der Waals surface area contributed by atoms with E-state index in [1.165, 1.54) is 12.3 Å². The molecule has 1 aromatic rings. The van der Waals surface area contributed by atoms with Gasteiger partial charge in [-0.15, -0.1) is 0 Å². The number of anilines is 1. The van der Waals surface area contributed by atoms with Gasteiger partial charge in [-0.25, -0.2) is 9.37 Å². The number of carbonyl (C=O) groups is 1. The molecular formula is C11H13BrFN3O. The molecule has 1 N–H and O–H groups in total. The van der Waals surface area contributed by atoms with Gasteiger partial charge in [-0.3, -0.25) is 4.79 Å². The van der Waals surface area contributed by atoms with Crippen LogP contribution >= 0.6 is 15.9 Å². The average molecular weight is 302 g/mol. The fraction of sp³-hybridized carbons (Fsp3) is 0.455. The number of aromatic nitrogens is 1. The van der Waals surface area contributed by atoms with Gasteiger partial charge in [0.1, 0.15) is 0 Å². The molecule has 0 unspecified atom stereocenters. The third kappa shape index (κ3) is 3.15. The normalized spacial score (nSPS) is 15.1. The van der Waals surface area contributed by atoms with Crippen molar-refractivity contribution < 1.29 is 9.18 Å². The van der Waals surface area contributed by atoms with Crippen LogP contribution in [0.25, 0.3) is 0 Å². The van der Waals surface area contributed by atoms with Crippen LogP contribution in [0.2, 0.25) is 0 Å². The number of likely N-dealkylation sites (tertiary alicyclic amines) is 1. The fourth-order valence-electron chi connectivity index (χ4n) is 1.78. The Kier molecular flexibility index (Phi) is 3.93. The zero-order valence-corrected chi connectivity index (χ0v) is 10.8. The second-order valence-electron chi connectivity index (χ2n) is 3.93. The molecule has 0 atom stereocenters. The lowest BCUT2D eigenvalue weighted by atomic mass is 10.4. The number of pyridine rings is 1. The van der Waals surface area contributed by atoms with E-state index < -0.39 is 5.82 Å². The first-order valence-electron chi connectivity index (χ1n) is 5.49. The molecule has 0 spiro atoms. The van der Waals surface area contributed by atoms with Gasteiger partial charge in [0.05, 0.1) is 6.54 Å². The van der Waals surface area contributed by atoms with Gasteiger partial charge in [-0.2, -0.15) is 0 Å². The number of halogens is 2. The van der Waals surface area contributed by atoms with Crippen molar-refractivity contribution in [3.63, 3.8) is 0 Å². The van der Waals surface area contributed by atoms with Crippen molar-refractivity contribution in [1.29, 1.82) is 0 Å². The highest BCUT2D eigenvalue weighted by atomic mass is 79.9. The second-order valence-corrected chi connectivity index (χ2v) is 4.84. The summed E-state index contributed by atoms with van der Waals surface area (Å²) in [4.78, 5) is 17.4. The smallest absolute Gasteiger partial charge is 0.241 e. The van der Waals surface area contributed by atoms with Crippen LogP contribution in [0.4, 0.5) is 10.2 Å². The van der Waals surface area contributed by atoms with Crippen molar-refractivity contribution >= 4 is 27.7 Å². The van der Waals surface area contributed by atoms with Crippen LogP contribution in [0.3, 0.4) is 0 Å². The van der Waals surface area contributed by atoms with E-state index in [4.69, 9.17) is 0 Å². The fourth-order valence-corrected chi connectivity index (χ4v) is 2.09. The minimum absolute atomic E-state index is 0.00776. The minimum Gasteiger partial charge on any atom is -0.359 e. The van der Waals surface area contributed by atoms with Gasteiger partial charge in [0.2, 0.25) is 5.91 Å². The Balaban J connectivity index is 1.90. The average Bonchev–Trinajstić information content (AvgIpc) is 2.81. The highest BCUT2D eigenvalue weighted by molar-refractivity contribution is 9.10. The van der Waals surface area contributed by atoms with Crippen molar-refractivity contribution in [3.8, 4) is 0 Å². The van der Waals surface area contributed by atoms with Crippen LogP contribution in [0, 0.1) is 5.82 Å². The van der Waals surface area contributed by atoms with E-state index in [0.29, 0.717) is 4.47 Å². The van der Waals surface area contributed by atoms with Gasteiger partial charge in [-0.05, 0) is 34.8 Å². The topological polar surface area (TPSA) is 45.2 Å². The molecule has 2 heterocycles. The quantitative estimate of drug-likeness (QED) is 0.929. The minimum atomic E-state index is -0.464. The Morgan fingerprint density at radius 3 is 2.88 bits per heavy atom. The largest absolute Gasteiger partial charge is 0.359 e. The summed E-state index contributed by atoms with van der Waals surface area (Å²) >= 11 is 3.12. The summed E-state index contributed by atoms with van der Waals surface area (Å²) in [5.74, 6) is -0.360. The van der Waals surface area contributed by atoms with Gasteiger partial charge >= 0.3 is 0 Å². The first kappa shape index (κ1) is 12.3. The van der Waals surface area contributed by atoms with E-state index in [2.05, 4.69) is 26.2 Å². The Bertz CT molecular complexity index is 421. The molecule has 0 radical (unpaired) electrons. The summed E-state index contributed by atoms with van der Waals surface area (Å²) in [6, 6.07) is 1.32. The molecule has 0 bridgehead atoms. The molecule has 2 rings (SSSR count). The first-order chi connectivity index (χ1) is 8.16. The number of rotatable bonds is 3. The Morgan fingerprint density at radius 1 is 1.53 bits per heavy atom. The van der Waals surface area contributed by atoms with Crippen molar-refractivity contribution in [2.75, 3.05) is 25.0 Å². The van der Waals surface area contributed by atoms with Crippen LogP contribution in [-0.4, -0.2) is 35.4 Å². The predicted molar refractivity (Wildman–Crippen MR) is 66.2 cm³/mol. The molecule has 1 aliphatic rings. The number of hydrogen-bond acceptors (Lipinski definition) is 3. The molecule has 17 heavy (non-hydrogen) atoms. The van der Waals surface area contributed by atoms with E-state index in [9.17, 15) is 9.18 Å². The van der Waals surface area contributed by atoms with Crippen molar-refractivity contribution in [2.24, 2.45) is 0 Å². The molecule has 92 valence electrons. The molecule has 1 saturated heterocycles. The molecule has 0 saturated carbocycles. The molecule has 6 heteroatoms. The number of nitrogens with one attached hydrogen (secondary N) is 1. The van der Waals surface area contributed by atoms with Crippen molar-refractivity contribution in [3.05, 3.63) is 22.6 Å². The summed E-state index contributed by atoms with van der Waals surface area (Å²) < 4.78 is 14.0. The number of carbonyl (C=O) groups excluding carboxylic acids is 1. The Hall–Kier alpha value is -1.17. The van der Waals surface area contributed by atoms with Crippen LogP contribution in [0.5, 0.6) is 0 Å². The molecule has 0 aliphatic carbocycles. The molecule has 1 aromatic heterocycles. The van der Waals surface area contributed by atoms with Crippen molar-refractivity contribution in [1.82, 2.24) is 9.88 Å². The lowest BCUT2D eigenvalue weighted by Gasteiger charge is -2.15. The van der Waals surface area contributed by atoms with E-state index in [1.807, 2.05) is 0 Å². The SMILES string of the molecule is O=C(CNc1ncc(Br)cc1F)N1CCCC1. The number of amides is 1. The van der Waals surface area contributed by atoms with Crippen LogP contribution < -0.4 is 5.32 Å². The van der Waals surface area contributed by atoms with Gasteiger partial charge in [0.25, 0.3) is 0 Å².